The second kappa shape index (κ2) is 33.1. The number of hydrogen-bond donors (Lipinski definition) is 0. The van der Waals surface area contributed by atoms with Crippen molar-refractivity contribution in [1.29, 1.82) is 0 Å². The van der Waals surface area contributed by atoms with Crippen LogP contribution in [0.5, 0.6) is 0 Å². The smallest absolute Gasteiger partial charge is 0.0233 e. The molecule has 1 nitrogen and oxygen atoms in total. The van der Waals surface area contributed by atoms with Gasteiger partial charge < -0.3 is 0 Å². The lowest BCUT2D eigenvalue weighted by molar-refractivity contribution is 0.252. The second-order valence-corrected chi connectivity index (χ2v) is 13.7. The van der Waals surface area contributed by atoms with Crippen molar-refractivity contribution in [3.05, 3.63) is 35.9 Å². The fraction of sp³-hybridized carbons (Fsp3) is 0.854. The minimum Gasteiger partial charge on any atom is -0.299 e. The molecule has 0 amide bonds. The Bertz CT molecular complexity index is 577. The summed E-state index contributed by atoms with van der Waals surface area (Å²) in [6.07, 6.45) is 43.4. The van der Waals surface area contributed by atoms with Gasteiger partial charge in [0.1, 0.15) is 0 Å². The summed E-state index contributed by atoms with van der Waals surface area (Å²) in [4.78, 5) is 2.75. The summed E-state index contributed by atoms with van der Waals surface area (Å²) in [5, 5.41) is 0. The van der Waals surface area contributed by atoms with Crippen LogP contribution < -0.4 is 0 Å². The number of rotatable bonds is 34. The van der Waals surface area contributed by atoms with Gasteiger partial charge in [-0.3, -0.25) is 4.90 Å². The first-order chi connectivity index (χ1) is 20.9. The van der Waals surface area contributed by atoms with E-state index >= 15 is 0 Å². The molecular formula is C41H77N. The lowest BCUT2D eigenvalue weighted by Crippen LogP contribution is -2.25. The molecule has 1 rings (SSSR count). The largest absolute Gasteiger partial charge is 0.299 e. The van der Waals surface area contributed by atoms with Crippen LogP contribution in [0, 0.1) is 0 Å². The summed E-state index contributed by atoms with van der Waals surface area (Å²) in [6.45, 7) is 8.32. The van der Waals surface area contributed by atoms with Gasteiger partial charge in [0.2, 0.25) is 0 Å². The number of benzene rings is 1. The van der Waals surface area contributed by atoms with Crippen molar-refractivity contribution in [2.45, 2.75) is 213 Å². The molecule has 0 atom stereocenters. The SMILES string of the molecule is CCCCCCCCCCCCCCCCCN(CCCCCCCCCCCCCCCCC)Cc1ccccc1. The van der Waals surface area contributed by atoms with Crippen LogP contribution in [-0.2, 0) is 6.54 Å². The van der Waals surface area contributed by atoms with E-state index in [2.05, 4.69) is 49.1 Å². The molecule has 0 aliphatic carbocycles. The van der Waals surface area contributed by atoms with Crippen LogP contribution in [0.3, 0.4) is 0 Å². The Balaban J connectivity index is 2.00. The molecule has 0 heterocycles. The molecule has 1 aromatic carbocycles. The van der Waals surface area contributed by atoms with Gasteiger partial charge in [-0.05, 0) is 31.5 Å². The van der Waals surface area contributed by atoms with Crippen molar-refractivity contribution in [3.8, 4) is 0 Å². The lowest BCUT2D eigenvalue weighted by Gasteiger charge is -2.22. The van der Waals surface area contributed by atoms with Gasteiger partial charge >= 0.3 is 0 Å². The molecule has 0 radical (unpaired) electrons. The minimum absolute atomic E-state index is 1.14. The van der Waals surface area contributed by atoms with Gasteiger partial charge in [0.15, 0.2) is 0 Å². The Kier molecular flexibility index (Phi) is 30.9. The maximum absolute atomic E-state index is 2.75. The first-order valence-corrected chi connectivity index (χ1v) is 19.6. The standard InChI is InChI=1S/C41H77N/c1-3-5-7-9-11-13-15-17-19-21-23-25-27-29-34-38-42(40-41-36-32-31-33-37-41)39-35-30-28-26-24-22-20-18-16-14-12-10-8-6-4-2/h31-33,36-37H,3-30,34-35,38-40H2,1-2H3. The highest BCUT2D eigenvalue weighted by Gasteiger charge is 2.06. The zero-order valence-corrected chi connectivity index (χ0v) is 29.2. The molecular weight excluding hydrogens is 506 g/mol. The van der Waals surface area contributed by atoms with Gasteiger partial charge in [0.25, 0.3) is 0 Å². The van der Waals surface area contributed by atoms with Crippen molar-refractivity contribution in [3.63, 3.8) is 0 Å². The summed E-state index contributed by atoms with van der Waals surface area (Å²) < 4.78 is 0. The second-order valence-electron chi connectivity index (χ2n) is 13.7. The molecule has 0 saturated heterocycles. The topological polar surface area (TPSA) is 3.24 Å². The van der Waals surface area contributed by atoms with Gasteiger partial charge in [-0.15, -0.1) is 0 Å². The predicted octanol–water partition coefficient (Wildman–Crippen LogP) is 14.2. The fourth-order valence-electron chi connectivity index (χ4n) is 6.52. The van der Waals surface area contributed by atoms with E-state index in [1.54, 1.807) is 0 Å². The van der Waals surface area contributed by atoms with Crippen molar-refractivity contribution in [2.24, 2.45) is 0 Å². The Labute approximate surface area is 266 Å². The first kappa shape index (κ1) is 39.2. The minimum atomic E-state index is 1.14. The Morgan fingerprint density at radius 3 is 0.881 bits per heavy atom. The molecule has 1 heteroatoms. The molecule has 246 valence electrons. The maximum Gasteiger partial charge on any atom is 0.0233 e. The lowest BCUT2D eigenvalue weighted by atomic mass is 10.0. The summed E-state index contributed by atoms with van der Waals surface area (Å²) >= 11 is 0. The Morgan fingerprint density at radius 1 is 0.333 bits per heavy atom. The van der Waals surface area contributed by atoms with Crippen LogP contribution in [0.25, 0.3) is 0 Å². The molecule has 0 aromatic heterocycles. The maximum atomic E-state index is 2.75. The van der Waals surface area contributed by atoms with Crippen LogP contribution in [0.4, 0.5) is 0 Å². The molecule has 0 fully saturated rings. The van der Waals surface area contributed by atoms with E-state index in [1.165, 1.54) is 211 Å². The highest BCUT2D eigenvalue weighted by atomic mass is 15.1. The average Bonchev–Trinajstić information content (AvgIpc) is 3.01. The Hall–Kier alpha value is -0.820. The van der Waals surface area contributed by atoms with Crippen LogP contribution in [-0.4, -0.2) is 18.0 Å². The molecule has 42 heavy (non-hydrogen) atoms. The van der Waals surface area contributed by atoms with Gasteiger partial charge in [0.05, 0.1) is 0 Å². The van der Waals surface area contributed by atoms with Gasteiger partial charge in [-0.25, -0.2) is 0 Å². The molecule has 0 unspecified atom stereocenters. The zero-order chi connectivity index (χ0) is 30.0. The number of nitrogens with zero attached hydrogens (tertiary/aromatic N) is 1. The third-order valence-corrected chi connectivity index (χ3v) is 9.40. The summed E-state index contributed by atoms with van der Waals surface area (Å²) in [6, 6.07) is 11.2. The number of hydrogen-bond acceptors (Lipinski definition) is 1. The van der Waals surface area contributed by atoms with Gasteiger partial charge in [-0.1, -0.05) is 224 Å². The average molecular weight is 584 g/mol. The monoisotopic (exact) mass is 584 g/mol. The first-order valence-electron chi connectivity index (χ1n) is 19.6. The zero-order valence-electron chi connectivity index (χ0n) is 29.2. The van der Waals surface area contributed by atoms with E-state index < -0.39 is 0 Å². The van der Waals surface area contributed by atoms with Crippen LogP contribution in [0.2, 0.25) is 0 Å². The summed E-state index contributed by atoms with van der Waals surface area (Å²) in [7, 11) is 0. The van der Waals surface area contributed by atoms with E-state index in [1.807, 2.05) is 0 Å². The van der Waals surface area contributed by atoms with Gasteiger partial charge in [0, 0.05) is 6.54 Å². The van der Waals surface area contributed by atoms with Crippen molar-refractivity contribution in [2.75, 3.05) is 13.1 Å². The van der Waals surface area contributed by atoms with Crippen molar-refractivity contribution < 1.29 is 0 Å². The molecule has 0 spiro atoms. The summed E-state index contributed by atoms with van der Waals surface area (Å²) in [5.41, 5.74) is 1.49. The number of unbranched alkanes of at least 4 members (excludes halogenated alkanes) is 28. The third-order valence-electron chi connectivity index (χ3n) is 9.40. The van der Waals surface area contributed by atoms with E-state index in [4.69, 9.17) is 0 Å². The summed E-state index contributed by atoms with van der Waals surface area (Å²) in [5.74, 6) is 0. The quantitative estimate of drug-likeness (QED) is 0.0729. The molecule has 0 aliphatic heterocycles. The van der Waals surface area contributed by atoms with E-state index in [-0.39, 0.29) is 0 Å². The Morgan fingerprint density at radius 2 is 0.595 bits per heavy atom. The third kappa shape index (κ3) is 28.0. The van der Waals surface area contributed by atoms with Crippen molar-refractivity contribution in [1.82, 2.24) is 4.90 Å². The highest BCUT2D eigenvalue weighted by Crippen LogP contribution is 2.16. The molecule has 0 bridgehead atoms. The van der Waals surface area contributed by atoms with E-state index in [0.717, 1.165) is 6.54 Å². The highest BCUT2D eigenvalue weighted by molar-refractivity contribution is 5.14. The molecule has 0 aliphatic rings. The normalized spacial score (nSPS) is 11.6. The van der Waals surface area contributed by atoms with Crippen molar-refractivity contribution >= 4 is 0 Å². The van der Waals surface area contributed by atoms with E-state index in [9.17, 15) is 0 Å². The molecule has 1 aromatic rings. The van der Waals surface area contributed by atoms with Crippen LogP contribution >= 0.6 is 0 Å². The molecule has 0 N–H and O–H groups in total. The molecule has 0 saturated carbocycles. The fourth-order valence-corrected chi connectivity index (χ4v) is 6.52. The predicted molar refractivity (Wildman–Crippen MR) is 192 cm³/mol. The van der Waals surface area contributed by atoms with Crippen LogP contribution in [0.1, 0.15) is 212 Å². The van der Waals surface area contributed by atoms with E-state index in [0.29, 0.717) is 0 Å². The van der Waals surface area contributed by atoms with Gasteiger partial charge in [-0.2, -0.15) is 0 Å². The van der Waals surface area contributed by atoms with Crippen LogP contribution in [0.15, 0.2) is 30.3 Å².